The smallest absolute Gasteiger partial charge is 0.253 e. The van der Waals surface area contributed by atoms with Crippen LogP contribution in [0.5, 0.6) is 0 Å². The van der Waals surface area contributed by atoms with E-state index in [1.807, 2.05) is 37.4 Å². The van der Waals surface area contributed by atoms with Gasteiger partial charge in [0.2, 0.25) is 0 Å². The van der Waals surface area contributed by atoms with Crippen molar-refractivity contribution in [3.63, 3.8) is 0 Å². The van der Waals surface area contributed by atoms with Crippen molar-refractivity contribution in [2.45, 2.75) is 27.7 Å². The molecule has 0 spiro atoms. The molecule has 0 atom stereocenters. The van der Waals surface area contributed by atoms with Crippen molar-refractivity contribution < 1.29 is 4.79 Å². The highest BCUT2D eigenvalue weighted by atomic mass is 35.5. The average Bonchev–Trinajstić information content (AvgIpc) is 2.95. The van der Waals surface area contributed by atoms with Gasteiger partial charge in [-0.25, -0.2) is 4.98 Å². The van der Waals surface area contributed by atoms with E-state index in [9.17, 15) is 4.79 Å². The van der Waals surface area contributed by atoms with Crippen LogP contribution < -0.4 is 10.6 Å². The average molecular weight is 371 g/mol. The summed E-state index contributed by atoms with van der Waals surface area (Å²) in [5.74, 6) is 0.539. The molecule has 0 aliphatic rings. The minimum Gasteiger partial charge on any atom is -0.358 e. The third kappa shape index (κ3) is 3.99. The number of aromatic amines is 1. The number of nitrogens with one attached hydrogen (secondary N) is 3. The number of benzene rings is 1. The van der Waals surface area contributed by atoms with Crippen molar-refractivity contribution in [1.29, 1.82) is 0 Å². The third-order valence-corrected chi connectivity index (χ3v) is 4.25. The number of rotatable bonds is 4. The van der Waals surface area contributed by atoms with Gasteiger partial charge >= 0.3 is 0 Å². The molecule has 3 N–H and O–H groups in total. The second-order valence-electron chi connectivity index (χ2n) is 7.62. The van der Waals surface area contributed by atoms with Gasteiger partial charge in [0, 0.05) is 35.0 Å². The highest BCUT2D eigenvalue weighted by Gasteiger charge is 2.19. The van der Waals surface area contributed by atoms with Crippen LogP contribution in [0.2, 0.25) is 5.02 Å². The van der Waals surface area contributed by atoms with Gasteiger partial charge in [0.15, 0.2) is 5.82 Å². The number of amides is 1. The van der Waals surface area contributed by atoms with Crippen molar-refractivity contribution in [3.8, 4) is 0 Å². The summed E-state index contributed by atoms with van der Waals surface area (Å²) in [5, 5.41) is 7.78. The number of aryl methyl sites for hydroxylation is 1. The molecule has 136 valence electrons. The number of carbonyl (C=O) groups is 1. The molecule has 0 bridgehead atoms. The second-order valence-corrected chi connectivity index (χ2v) is 8.06. The first-order chi connectivity index (χ1) is 12.2. The molecule has 26 heavy (non-hydrogen) atoms. The predicted octanol–water partition coefficient (Wildman–Crippen LogP) is 5.04. The number of halogens is 1. The van der Waals surface area contributed by atoms with Crippen molar-refractivity contribution in [1.82, 2.24) is 15.3 Å². The lowest BCUT2D eigenvalue weighted by molar-refractivity contribution is 0.0940. The summed E-state index contributed by atoms with van der Waals surface area (Å²) in [5.41, 5.74) is 3.22. The van der Waals surface area contributed by atoms with Gasteiger partial charge in [-0.1, -0.05) is 38.4 Å². The lowest BCUT2D eigenvalue weighted by atomic mass is 9.97. The van der Waals surface area contributed by atoms with E-state index in [0.29, 0.717) is 22.9 Å². The van der Waals surface area contributed by atoms with Crippen LogP contribution in [0.3, 0.4) is 0 Å². The van der Waals surface area contributed by atoms with E-state index >= 15 is 0 Å². The van der Waals surface area contributed by atoms with Gasteiger partial charge in [-0.3, -0.25) is 4.79 Å². The molecule has 2 heterocycles. The highest BCUT2D eigenvalue weighted by Crippen LogP contribution is 2.29. The van der Waals surface area contributed by atoms with E-state index in [1.165, 1.54) is 0 Å². The molecule has 1 amide bonds. The number of fused-ring (bicyclic) bond motifs is 1. The molecule has 0 saturated carbocycles. The molecule has 6 heteroatoms. The Morgan fingerprint density at radius 2 is 2.08 bits per heavy atom. The van der Waals surface area contributed by atoms with Crippen LogP contribution in [0.1, 0.15) is 36.7 Å². The third-order valence-electron chi connectivity index (χ3n) is 4.02. The molecule has 0 unspecified atom stereocenters. The minimum absolute atomic E-state index is 0.0173. The Bertz CT molecular complexity index is 956. The van der Waals surface area contributed by atoms with Crippen LogP contribution in [0.4, 0.5) is 11.5 Å². The Balaban J connectivity index is 1.96. The van der Waals surface area contributed by atoms with Crippen molar-refractivity contribution >= 4 is 39.9 Å². The zero-order chi connectivity index (χ0) is 18.9. The zero-order valence-electron chi connectivity index (χ0n) is 15.4. The molecular weight excluding hydrogens is 348 g/mol. The molecule has 0 radical (unpaired) electrons. The Morgan fingerprint density at radius 1 is 1.31 bits per heavy atom. The molecule has 5 nitrogen and oxygen atoms in total. The Kier molecular flexibility index (Phi) is 4.92. The summed E-state index contributed by atoms with van der Waals surface area (Å²) >= 11 is 6.05. The second kappa shape index (κ2) is 7.00. The first kappa shape index (κ1) is 18.3. The molecule has 0 fully saturated rings. The van der Waals surface area contributed by atoms with E-state index in [-0.39, 0.29) is 11.3 Å². The summed E-state index contributed by atoms with van der Waals surface area (Å²) in [6.45, 7) is 8.82. The van der Waals surface area contributed by atoms with Crippen LogP contribution in [-0.4, -0.2) is 22.4 Å². The standard InChI is InChI=1S/C20H23ClN4O/c1-12-9-22-17-16(12)15(19(26)24-11-20(2,3)4)10-23-18(17)25-14-7-5-6-13(21)8-14/h5-10,22H,11H2,1-4H3,(H,23,25)(H,24,26). The van der Waals surface area contributed by atoms with Crippen LogP contribution in [0, 0.1) is 12.3 Å². The zero-order valence-corrected chi connectivity index (χ0v) is 16.2. The topological polar surface area (TPSA) is 69.8 Å². The monoisotopic (exact) mass is 370 g/mol. The highest BCUT2D eigenvalue weighted by molar-refractivity contribution is 6.30. The van der Waals surface area contributed by atoms with Crippen LogP contribution >= 0.6 is 11.6 Å². The Labute approximate surface area is 158 Å². The minimum atomic E-state index is -0.116. The van der Waals surface area contributed by atoms with Gasteiger partial charge in [-0.2, -0.15) is 0 Å². The number of hydrogen-bond donors (Lipinski definition) is 3. The van der Waals surface area contributed by atoms with Gasteiger partial charge in [0.05, 0.1) is 11.1 Å². The fraction of sp³-hybridized carbons (Fsp3) is 0.300. The summed E-state index contributed by atoms with van der Waals surface area (Å²) in [6.07, 6.45) is 3.50. The van der Waals surface area contributed by atoms with Crippen molar-refractivity contribution in [2.75, 3.05) is 11.9 Å². The van der Waals surface area contributed by atoms with Gasteiger partial charge in [-0.05, 0) is 36.1 Å². The maximum Gasteiger partial charge on any atom is 0.253 e. The molecule has 3 rings (SSSR count). The number of H-pyrrole nitrogens is 1. The molecule has 2 aromatic heterocycles. The Morgan fingerprint density at radius 3 is 2.77 bits per heavy atom. The number of anilines is 2. The largest absolute Gasteiger partial charge is 0.358 e. The fourth-order valence-corrected chi connectivity index (χ4v) is 2.91. The first-order valence-electron chi connectivity index (χ1n) is 8.52. The van der Waals surface area contributed by atoms with E-state index in [0.717, 1.165) is 22.2 Å². The summed E-state index contributed by atoms with van der Waals surface area (Å²) < 4.78 is 0. The summed E-state index contributed by atoms with van der Waals surface area (Å²) in [7, 11) is 0. The number of aromatic nitrogens is 2. The normalized spacial score (nSPS) is 11.6. The Hall–Kier alpha value is -2.53. The molecular formula is C20H23ClN4O. The van der Waals surface area contributed by atoms with Gasteiger partial charge in [0.25, 0.3) is 5.91 Å². The van der Waals surface area contributed by atoms with Gasteiger partial charge in [0.1, 0.15) is 0 Å². The van der Waals surface area contributed by atoms with E-state index in [2.05, 4.69) is 41.4 Å². The summed E-state index contributed by atoms with van der Waals surface area (Å²) in [4.78, 5) is 20.4. The number of nitrogens with zero attached hydrogens (tertiary/aromatic N) is 1. The van der Waals surface area contributed by atoms with Crippen LogP contribution in [0.15, 0.2) is 36.7 Å². The summed E-state index contributed by atoms with van der Waals surface area (Å²) in [6, 6.07) is 7.43. The van der Waals surface area contributed by atoms with Crippen LogP contribution in [0.25, 0.3) is 10.9 Å². The quantitative estimate of drug-likeness (QED) is 0.602. The maximum atomic E-state index is 12.7. The van der Waals surface area contributed by atoms with E-state index in [4.69, 9.17) is 11.6 Å². The number of pyridine rings is 1. The molecule has 1 aromatic carbocycles. The number of hydrogen-bond acceptors (Lipinski definition) is 3. The van der Waals surface area contributed by atoms with E-state index in [1.54, 1.807) is 6.20 Å². The number of carbonyl (C=O) groups excluding carboxylic acids is 1. The van der Waals surface area contributed by atoms with Gasteiger partial charge in [-0.15, -0.1) is 0 Å². The molecule has 0 aliphatic heterocycles. The molecule has 0 saturated heterocycles. The maximum absolute atomic E-state index is 12.7. The molecule has 3 aromatic rings. The van der Waals surface area contributed by atoms with Crippen molar-refractivity contribution in [3.05, 3.63) is 52.8 Å². The SMILES string of the molecule is Cc1c[nH]c2c(Nc3cccc(Cl)c3)ncc(C(=O)NCC(C)(C)C)c12. The lowest BCUT2D eigenvalue weighted by Gasteiger charge is -2.19. The molecule has 0 aliphatic carbocycles. The van der Waals surface area contributed by atoms with Crippen molar-refractivity contribution in [2.24, 2.45) is 5.41 Å². The predicted molar refractivity (Wildman–Crippen MR) is 107 cm³/mol. The van der Waals surface area contributed by atoms with Crippen LogP contribution in [-0.2, 0) is 0 Å². The van der Waals surface area contributed by atoms with E-state index < -0.39 is 0 Å². The first-order valence-corrected chi connectivity index (χ1v) is 8.90. The lowest BCUT2D eigenvalue weighted by Crippen LogP contribution is -2.32. The fourth-order valence-electron chi connectivity index (χ4n) is 2.72. The van der Waals surface area contributed by atoms with Gasteiger partial charge < -0.3 is 15.6 Å².